The van der Waals surface area contributed by atoms with Gasteiger partial charge in [-0.1, -0.05) is 12.1 Å². The fourth-order valence-corrected chi connectivity index (χ4v) is 1.30. The van der Waals surface area contributed by atoms with Crippen LogP contribution in [0.2, 0.25) is 0 Å². The Balaban J connectivity index is 0.00000196. The van der Waals surface area contributed by atoms with E-state index in [1.54, 1.807) is 18.2 Å². The van der Waals surface area contributed by atoms with Crippen LogP contribution < -0.4 is 10.5 Å². The number of phenolic OH excluding ortho intramolecular Hbond substituents is 1. The van der Waals surface area contributed by atoms with Crippen molar-refractivity contribution in [3.63, 3.8) is 0 Å². The van der Waals surface area contributed by atoms with Gasteiger partial charge in [-0.3, -0.25) is 0 Å². The molecule has 0 aliphatic rings. The molecule has 4 N–H and O–H groups in total. The predicted molar refractivity (Wildman–Crippen MR) is 60.5 cm³/mol. The normalized spacial score (nSPS) is 11.7. The number of hydrogen-bond donors (Lipinski definition) is 3. The molecule has 0 unspecified atom stereocenters. The molecule has 1 atom stereocenters. The van der Waals surface area contributed by atoms with E-state index in [0.717, 1.165) is 0 Å². The minimum atomic E-state index is -0.366. The number of halogens is 1. The number of aliphatic hydroxyl groups excluding tert-OH is 1. The highest BCUT2D eigenvalue weighted by atomic mass is 35.5. The van der Waals surface area contributed by atoms with Gasteiger partial charge >= 0.3 is 0 Å². The van der Waals surface area contributed by atoms with Gasteiger partial charge in [0.1, 0.15) is 0 Å². The van der Waals surface area contributed by atoms with Crippen molar-refractivity contribution in [2.24, 2.45) is 5.73 Å². The summed E-state index contributed by atoms with van der Waals surface area (Å²) in [5.74, 6) is 0.451. The third-order valence-electron chi connectivity index (χ3n) is 2.09. The van der Waals surface area contributed by atoms with E-state index in [4.69, 9.17) is 15.6 Å². The van der Waals surface area contributed by atoms with Gasteiger partial charge in [0, 0.05) is 18.2 Å². The Morgan fingerprint density at radius 1 is 1.47 bits per heavy atom. The van der Waals surface area contributed by atoms with Crippen LogP contribution in [0.15, 0.2) is 18.2 Å². The molecule has 1 aromatic rings. The number of ether oxygens (including phenoxy) is 1. The summed E-state index contributed by atoms with van der Waals surface area (Å²) in [4.78, 5) is 0. The zero-order valence-electron chi connectivity index (χ0n) is 8.51. The van der Waals surface area contributed by atoms with Gasteiger partial charge in [0.15, 0.2) is 11.5 Å². The maximum absolute atomic E-state index is 9.70. The van der Waals surface area contributed by atoms with Crippen LogP contribution in [0.25, 0.3) is 0 Å². The predicted octanol–water partition coefficient (Wildman–Crippen LogP) is 1.20. The molecule has 86 valence electrons. The van der Waals surface area contributed by atoms with Crippen molar-refractivity contribution in [1.82, 2.24) is 0 Å². The third-order valence-corrected chi connectivity index (χ3v) is 2.09. The molecule has 0 radical (unpaired) electrons. The molecule has 0 aromatic heterocycles. The van der Waals surface area contributed by atoms with E-state index in [1.807, 2.05) is 0 Å². The first-order valence-corrected chi connectivity index (χ1v) is 4.43. The van der Waals surface area contributed by atoms with Crippen LogP contribution in [0, 0.1) is 0 Å². The average Bonchev–Trinajstić information content (AvgIpc) is 2.18. The number of nitrogens with two attached hydrogens (primary N) is 1. The number of rotatable bonds is 4. The SMILES string of the molecule is COc1cccc([C@@H](N)CCO)c1O.Cl. The van der Waals surface area contributed by atoms with Gasteiger partial charge in [0.25, 0.3) is 0 Å². The van der Waals surface area contributed by atoms with Crippen LogP contribution >= 0.6 is 12.4 Å². The Kier molecular flexibility index (Phi) is 6.08. The van der Waals surface area contributed by atoms with Gasteiger partial charge in [0.05, 0.1) is 7.11 Å². The highest BCUT2D eigenvalue weighted by molar-refractivity contribution is 5.85. The molecule has 0 saturated heterocycles. The lowest BCUT2D eigenvalue weighted by molar-refractivity contribution is 0.275. The molecule has 1 aromatic carbocycles. The molecule has 1 rings (SSSR count). The maximum Gasteiger partial charge on any atom is 0.162 e. The number of benzene rings is 1. The second kappa shape index (κ2) is 6.50. The van der Waals surface area contributed by atoms with Gasteiger partial charge in [-0.2, -0.15) is 0 Å². The molecule has 0 amide bonds. The minimum Gasteiger partial charge on any atom is -0.504 e. The Morgan fingerprint density at radius 3 is 2.67 bits per heavy atom. The van der Waals surface area contributed by atoms with Gasteiger partial charge < -0.3 is 20.7 Å². The average molecular weight is 234 g/mol. The van der Waals surface area contributed by atoms with Crippen LogP contribution in [0.3, 0.4) is 0 Å². The largest absolute Gasteiger partial charge is 0.504 e. The maximum atomic E-state index is 9.70. The molecular formula is C10H16ClNO3. The third kappa shape index (κ3) is 3.27. The van der Waals surface area contributed by atoms with E-state index in [-0.39, 0.29) is 30.8 Å². The summed E-state index contributed by atoms with van der Waals surface area (Å²) in [6, 6.07) is 4.77. The first-order chi connectivity index (χ1) is 6.70. The first kappa shape index (κ1) is 14.0. The number of aliphatic hydroxyl groups is 1. The second-order valence-electron chi connectivity index (χ2n) is 3.02. The number of phenols is 1. The number of aromatic hydroxyl groups is 1. The summed E-state index contributed by atoms with van der Waals surface area (Å²) in [5, 5.41) is 18.4. The Bertz CT molecular complexity index is 307. The lowest BCUT2D eigenvalue weighted by Gasteiger charge is -2.14. The van der Waals surface area contributed by atoms with E-state index < -0.39 is 0 Å². The van der Waals surface area contributed by atoms with E-state index in [0.29, 0.717) is 17.7 Å². The van der Waals surface area contributed by atoms with Gasteiger partial charge in [0.2, 0.25) is 0 Å². The molecule has 0 heterocycles. The molecule has 0 aliphatic heterocycles. The minimum absolute atomic E-state index is 0. The van der Waals surface area contributed by atoms with Gasteiger partial charge in [-0.05, 0) is 12.5 Å². The smallest absolute Gasteiger partial charge is 0.162 e. The molecular weight excluding hydrogens is 218 g/mol. The fraction of sp³-hybridized carbons (Fsp3) is 0.400. The molecule has 15 heavy (non-hydrogen) atoms. The van der Waals surface area contributed by atoms with E-state index in [2.05, 4.69) is 0 Å². The highest BCUT2D eigenvalue weighted by Crippen LogP contribution is 2.33. The van der Waals surface area contributed by atoms with E-state index in [9.17, 15) is 5.11 Å². The summed E-state index contributed by atoms with van der Waals surface area (Å²) >= 11 is 0. The van der Waals surface area contributed by atoms with Crippen molar-refractivity contribution in [2.75, 3.05) is 13.7 Å². The monoisotopic (exact) mass is 233 g/mol. The standard InChI is InChI=1S/C10H15NO3.ClH/c1-14-9-4-2-3-7(10(9)13)8(11)5-6-12;/h2-4,8,12-13H,5-6,11H2,1H3;1H/t8-;/m0./s1. The summed E-state index contributed by atoms with van der Waals surface area (Å²) in [6.45, 7) is -0.00217. The quantitative estimate of drug-likeness (QED) is 0.731. The van der Waals surface area contributed by atoms with Crippen molar-refractivity contribution in [3.05, 3.63) is 23.8 Å². The summed E-state index contributed by atoms with van der Waals surface area (Å²) < 4.78 is 4.95. The Morgan fingerprint density at radius 2 is 2.13 bits per heavy atom. The lowest BCUT2D eigenvalue weighted by Crippen LogP contribution is -2.12. The summed E-state index contributed by atoms with van der Waals surface area (Å²) in [5.41, 5.74) is 6.35. The van der Waals surface area contributed by atoms with Crippen LogP contribution in [0.1, 0.15) is 18.0 Å². The van der Waals surface area contributed by atoms with Gasteiger partial charge in [-0.25, -0.2) is 0 Å². The molecule has 0 bridgehead atoms. The van der Waals surface area contributed by atoms with Crippen LogP contribution in [0.4, 0.5) is 0 Å². The van der Waals surface area contributed by atoms with Crippen molar-refractivity contribution in [3.8, 4) is 11.5 Å². The van der Waals surface area contributed by atoms with Crippen LogP contribution in [-0.4, -0.2) is 23.9 Å². The fourth-order valence-electron chi connectivity index (χ4n) is 1.30. The summed E-state index contributed by atoms with van der Waals surface area (Å²) in [7, 11) is 1.48. The molecule has 0 fully saturated rings. The molecule has 4 nitrogen and oxygen atoms in total. The number of para-hydroxylation sites is 1. The van der Waals surface area contributed by atoms with E-state index in [1.165, 1.54) is 7.11 Å². The number of hydrogen-bond acceptors (Lipinski definition) is 4. The zero-order valence-corrected chi connectivity index (χ0v) is 9.33. The van der Waals surface area contributed by atoms with Crippen molar-refractivity contribution in [2.45, 2.75) is 12.5 Å². The van der Waals surface area contributed by atoms with Gasteiger partial charge in [-0.15, -0.1) is 12.4 Å². The van der Waals surface area contributed by atoms with E-state index >= 15 is 0 Å². The topological polar surface area (TPSA) is 75.7 Å². The molecule has 5 heteroatoms. The zero-order chi connectivity index (χ0) is 10.6. The van der Waals surface area contributed by atoms with Crippen LogP contribution in [-0.2, 0) is 0 Å². The Hall–Kier alpha value is -0.970. The molecule has 0 spiro atoms. The molecule has 0 aliphatic carbocycles. The van der Waals surface area contributed by atoms with Crippen molar-refractivity contribution in [1.29, 1.82) is 0 Å². The Labute approximate surface area is 95.1 Å². The number of methoxy groups -OCH3 is 1. The van der Waals surface area contributed by atoms with Crippen molar-refractivity contribution >= 4 is 12.4 Å². The highest BCUT2D eigenvalue weighted by Gasteiger charge is 2.13. The van der Waals surface area contributed by atoms with Crippen LogP contribution in [0.5, 0.6) is 11.5 Å². The second-order valence-corrected chi connectivity index (χ2v) is 3.02. The summed E-state index contributed by atoms with van der Waals surface area (Å²) in [6.07, 6.45) is 0.417. The van der Waals surface area contributed by atoms with Crippen molar-refractivity contribution < 1.29 is 14.9 Å². The first-order valence-electron chi connectivity index (χ1n) is 4.43. The lowest BCUT2D eigenvalue weighted by atomic mass is 10.0. The molecule has 0 saturated carbocycles.